The Morgan fingerprint density at radius 2 is 2.14 bits per heavy atom. The summed E-state index contributed by atoms with van der Waals surface area (Å²) < 4.78 is 0. The van der Waals surface area contributed by atoms with E-state index in [0.717, 1.165) is 31.2 Å². The van der Waals surface area contributed by atoms with Crippen molar-refractivity contribution in [2.24, 2.45) is 5.92 Å². The van der Waals surface area contributed by atoms with Gasteiger partial charge in [0.15, 0.2) is 0 Å². The van der Waals surface area contributed by atoms with Gasteiger partial charge in [0.05, 0.1) is 5.60 Å². The highest BCUT2D eigenvalue weighted by Gasteiger charge is 2.43. The van der Waals surface area contributed by atoms with Crippen molar-refractivity contribution in [1.29, 1.82) is 0 Å². The first-order valence-electron chi connectivity index (χ1n) is 7.81. The molecule has 1 saturated heterocycles. The third kappa shape index (κ3) is 2.64. The normalized spacial score (nSPS) is 29.0. The summed E-state index contributed by atoms with van der Waals surface area (Å²) in [5, 5.41) is 20.4. The lowest BCUT2D eigenvalue weighted by atomic mass is 9.71. The fourth-order valence-electron chi connectivity index (χ4n) is 3.68. The molecule has 1 aliphatic carbocycles. The van der Waals surface area contributed by atoms with Gasteiger partial charge < -0.3 is 15.1 Å². The maximum atomic E-state index is 12.6. The Morgan fingerprint density at radius 3 is 2.90 bits per heavy atom. The minimum atomic E-state index is -0.565. The Hall–Kier alpha value is -1.55. The molecule has 2 atom stereocenters. The zero-order valence-corrected chi connectivity index (χ0v) is 12.5. The van der Waals surface area contributed by atoms with E-state index in [1.54, 1.807) is 18.2 Å². The van der Waals surface area contributed by atoms with Gasteiger partial charge in [-0.3, -0.25) is 4.79 Å². The molecule has 4 heteroatoms. The average molecular weight is 289 g/mol. The van der Waals surface area contributed by atoms with E-state index in [1.807, 2.05) is 11.8 Å². The number of phenols is 1. The van der Waals surface area contributed by atoms with Crippen molar-refractivity contribution < 1.29 is 15.0 Å². The van der Waals surface area contributed by atoms with Crippen LogP contribution in [0, 0.1) is 12.8 Å². The summed E-state index contributed by atoms with van der Waals surface area (Å²) in [5.41, 5.74) is 0.732. The fraction of sp³-hybridized carbons (Fsp3) is 0.588. The fourth-order valence-corrected chi connectivity index (χ4v) is 3.68. The van der Waals surface area contributed by atoms with Crippen LogP contribution in [0.25, 0.3) is 0 Å². The molecule has 0 spiro atoms. The van der Waals surface area contributed by atoms with Gasteiger partial charge in [0.2, 0.25) is 0 Å². The quantitative estimate of drug-likeness (QED) is 0.835. The predicted octanol–water partition coefficient (Wildman–Crippen LogP) is 2.47. The molecule has 0 bridgehead atoms. The third-order valence-electron chi connectivity index (χ3n) is 5.17. The van der Waals surface area contributed by atoms with E-state index in [-0.39, 0.29) is 17.6 Å². The zero-order valence-electron chi connectivity index (χ0n) is 12.5. The standard InChI is InChI=1S/C17H23NO3/c1-12-5-6-13(10-15(12)19)16(20)18-9-8-17(21)7-3-2-4-14(17)11-18/h5-6,10,14,19,21H,2-4,7-9,11H2,1H3. The van der Waals surface area contributed by atoms with Gasteiger partial charge in [0.1, 0.15) is 5.75 Å². The number of aryl methyl sites for hydroxylation is 1. The summed E-state index contributed by atoms with van der Waals surface area (Å²) in [6, 6.07) is 5.07. The van der Waals surface area contributed by atoms with Crippen molar-refractivity contribution >= 4 is 5.91 Å². The Balaban J connectivity index is 1.75. The van der Waals surface area contributed by atoms with Crippen LogP contribution >= 0.6 is 0 Å². The second kappa shape index (κ2) is 5.34. The summed E-state index contributed by atoms with van der Waals surface area (Å²) in [4.78, 5) is 14.4. The van der Waals surface area contributed by atoms with E-state index < -0.39 is 5.60 Å². The van der Waals surface area contributed by atoms with Gasteiger partial charge in [-0.1, -0.05) is 18.9 Å². The summed E-state index contributed by atoms with van der Waals surface area (Å²) in [6.07, 6.45) is 4.76. The number of piperidine rings is 1. The lowest BCUT2D eigenvalue weighted by molar-refractivity contribution is -0.0886. The number of carbonyl (C=O) groups excluding carboxylic acids is 1. The second-order valence-electron chi connectivity index (χ2n) is 6.55. The van der Waals surface area contributed by atoms with E-state index in [4.69, 9.17) is 0 Å². The minimum Gasteiger partial charge on any atom is -0.508 e. The molecule has 2 fully saturated rings. The van der Waals surface area contributed by atoms with Crippen molar-refractivity contribution in [3.05, 3.63) is 29.3 Å². The molecule has 1 aromatic carbocycles. The van der Waals surface area contributed by atoms with Crippen LogP contribution in [-0.2, 0) is 0 Å². The largest absolute Gasteiger partial charge is 0.508 e. The van der Waals surface area contributed by atoms with Crippen LogP contribution in [0.3, 0.4) is 0 Å². The number of nitrogens with zero attached hydrogens (tertiary/aromatic N) is 1. The van der Waals surface area contributed by atoms with E-state index in [2.05, 4.69) is 0 Å². The van der Waals surface area contributed by atoms with E-state index in [1.165, 1.54) is 0 Å². The molecule has 2 N–H and O–H groups in total. The molecule has 2 aliphatic rings. The molecular formula is C17H23NO3. The highest BCUT2D eigenvalue weighted by atomic mass is 16.3. The van der Waals surface area contributed by atoms with Crippen molar-refractivity contribution in [1.82, 2.24) is 4.90 Å². The monoisotopic (exact) mass is 289 g/mol. The number of aromatic hydroxyl groups is 1. The smallest absolute Gasteiger partial charge is 0.254 e. The van der Waals surface area contributed by atoms with E-state index in [0.29, 0.717) is 25.1 Å². The highest BCUT2D eigenvalue weighted by molar-refractivity contribution is 5.94. The lowest BCUT2D eigenvalue weighted by Gasteiger charge is -2.47. The third-order valence-corrected chi connectivity index (χ3v) is 5.17. The first-order chi connectivity index (χ1) is 9.99. The molecule has 2 unspecified atom stereocenters. The number of rotatable bonds is 1. The number of hydrogen-bond donors (Lipinski definition) is 2. The molecule has 114 valence electrons. The molecule has 4 nitrogen and oxygen atoms in total. The number of fused-ring (bicyclic) bond motifs is 1. The Kier molecular flexibility index (Phi) is 3.66. The molecule has 1 aliphatic heterocycles. The van der Waals surface area contributed by atoms with Gasteiger partial charge in [0.25, 0.3) is 5.91 Å². The maximum absolute atomic E-state index is 12.6. The molecule has 3 rings (SSSR count). The van der Waals surface area contributed by atoms with Crippen LogP contribution in [0.4, 0.5) is 0 Å². The van der Waals surface area contributed by atoms with Gasteiger partial charge in [-0.25, -0.2) is 0 Å². The van der Waals surface area contributed by atoms with Crippen molar-refractivity contribution in [2.75, 3.05) is 13.1 Å². The summed E-state index contributed by atoms with van der Waals surface area (Å²) in [7, 11) is 0. The SMILES string of the molecule is Cc1ccc(C(=O)N2CCC3(O)CCCCC3C2)cc1O. The topological polar surface area (TPSA) is 60.8 Å². The average Bonchev–Trinajstić information content (AvgIpc) is 2.48. The van der Waals surface area contributed by atoms with Crippen molar-refractivity contribution in [3.63, 3.8) is 0 Å². The second-order valence-corrected chi connectivity index (χ2v) is 6.55. The molecular weight excluding hydrogens is 266 g/mol. The number of carbonyl (C=O) groups is 1. The Bertz CT molecular complexity index is 557. The molecule has 1 saturated carbocycles. The maximum Gasteiger partial charge on any atom is 0.254 e. The van der Waals surface area contributed by atoms with Crippen LogP contribution in [-0.4, -0.2) is 39.7 Å². The number of phenolic OH excluding ortho intramolecular Hbond substituents is 1. The summed E-state index contributed by atoms with van der Waals surface area (Å²) >= 11 is 0. The number of likely N-dealkylation sites (tertiary alicyclic amines) is 1. The molecule has 0 aromatic heterocycles. The van der Waals surface area contributed by atoms with Crippen molar-refractivity contribution in [2.45, 2.75) is 44.6 Å². The first-order valence-corrected chi connectivity index (χ1v) is 7.81. The molecule has 1 amide bonds. The van der Waals surface area contributed by atoms with Gasteiger partial charge in [0, 0.05) is 24.6 Å². The number of amides is 1. The van der Waals surface area contributed by atoms with Crippen LogP contribution in [0.5, 0.6) is 5.75 Å². The van der Waals surface area contributed by atoms with E-state index in [9.17, 15) is 15.0 Å². The molecule has 1 heterocycles. The van der Waals surface area contributed by atoms with Crippen LogP contribution in [0.15, 0.2) is 18.2 Å². The van der Waals surface area contributed by atoms with Crippen LogP contribution in [0.1, 0.15) is 48.0 Å². The highest BCUT2D eigenvalue weighted by Crippen LogP contribution is 2.40. The lowest BCUT2D eigenvalue weighted by Crippen LogP contribution is -2.54. The van der Waals surface area contributed by atoms with Crippen LogP contribution in [0.2, 0.25) is 0 Å². The van der Waals surface area contributed by atoms with E-state index >= 15 is 0 Å². The molecule has 0 radical (unpaired) electrons. The minimum absolute atomic E-state index is 0.0436. The summed E-state index contributed by atoms with van der Waals surface area (Å²) in [5.74, 6) is 0.313. The Morgan fingerprint density at radius 1 is 1.33 bits per heavy atom. The first kappa shape index (κ1) is 14.4. The van der Waals surface area contributed by atoms with Crippen molar-refractivity contribution in [3.8, 4) is 5.75 Å². The number of benzene rings is 1. The van der Waals surface area contributed by atoms with Gasteiger partial charge in [-0.15, -0.1) is 0 Å². The number of hydrogen-bond acceptors (Lipinski definition) is 3. The Labute approximate surface area is 125 Å². The number of aliphatic hydroxyl groups is 1. The van der Waals surface area contributed by atoms with Gasteiger partial charge in [-0.05, 0) is 43.9 Å². The molecule has 1 aromatic rings. The van der Waals surface area contributed by atoms with Gasteiger partial charge in [-0.2, -0.15) is 0 Å². The van der Waals surface area contributed by atoms with Gasteiger partial charge >= 0.3 is 0 Å². The zero-order chi connectivity index (χ0) is 15.0. The van der Waals surface area contributed by atoms with Crippen LogP contribution < -0.4 is 0 Å². The predicted molar refractivity (Wildman–Crippen MR) is 80.3 cm³/mol. The summed E-state index contributed by atoms with van der Waals surface area (Å²) in [6.45, 7) is 3.04. The molecule has 21 heavy (non-hydrogen) atoms.